The van der Waals surface area contributed by atoms with Gasteiger partial charge in [0.1, 0.15) is 11.4 Å². The molecule has 0 radical (unpaired) electrons. The second-order valence-corrected chi connectivity index (χ2v) is 6.15. The number of nitrogens with zero attached hydrogens (tertiary/aromatic N) is 2. The topological polar surface area (TPSA) is 54.9 Å². The van der Waals surface area contributed by atoms with Crippen LogP contribution in [0.4, 0.5) is 0 Å². The number of hydrogen-bond acceptors (Lipinski definition) is 4. The van der Waals surface area contributed by atoms with Gasteiger partial charge in [-0.05, 0) is 18.6 Å². The summed E-state index contributed by atoms with van der Waals surface area (Å²) in [6, 6.07) is 17.7. The summed E-state index contributed by atoms with van der Waals surface area (Å²) in [6.45, 7) is 1.98. The van der Waals surface area contributed by atoms with Crippen LogP contribution in [0.3, 0.4) is 0 Å². The normalized spacial score (nSPS) is 12.0. The van der Waals surface area contributed by atoms with Crippen LogP contribution in [0, 0.1) is 0 Å². The Morgan fingerprint density at radius 3 is 2.65 bits per heavy atom. The highest BCUT2D eigenvalue weighted by atomic mass is 32.2. The third-order valence-corrected chi connectivity index (χ3v) is 4.53. The smallest absolute Gasteiger partial charge is 0.230 e. The van der Waals surface area contributed by atoms with Crippen molar-refractivity contribution in [1.82, 2.24) is 15.3 Å². The number of nitrogens with one attached hydrogen (secondary N) is 1. The minimum Gasteiger partial charge on any atom is -0.349 e. The fraction of sp³-hybridized carbons (Fsp3) is 0.167. The molecule has 1 atom stereocenters. The van der Waals surface area contributed by atoms with Crippen molar-refractivity contribution < 1.29 is 4.79 Å². The predicted octanol–water partition coefficient (Wildman–Crippen LogP) is 3.60. The summed E-state index contributed by atoms with van der Waals surface area (Å²) >= 11 is 1.43. The van der Waals surface area contributed by atoms with Gasteiger partial charge < -0.3 is 5.32 Å². The lowest BCUT2D eigenvalue weighted by Gasteiger charge is -2.14. The highest BCUT2D eigenvalue weighted by molar-refractivity contribution is 8.00. The molecule has 0 bridgehead atoms. The molecular weight excluding hydrogens is 306 g/mol. The SMILES string of the molecule is CC(NC(=O)CSc1ncnc2ccccc12)c1ccccc1. The van der Waals surface area contributed by atoms with E-state index in [1.165, 1.54) is 18.1 Å². The van der Waals surface area contributed by atoms with Gasteiger partial charge in [0.2, 0.25) is 5.91 Å². The van der Waals surface area contributed by atoms with Crippen molar-refractivity contribution in [3.05, 3.63) is 66.5 Å². The summed E-state index contributed by atoms with van der Waals surface area (Å²) in [4.78, 5) is 20.7. The van der Waals surface area contributed by atoms with Crippen LogP contribution < -0.4 is 5.32 Å². The Bertz CT molecular complexity index is 802. The first-order valence-corrected chi connectivity index (χ1v) is 8.39. The molecule has 3 aromatic rings. The molecule has 0 saturated carbocycles. The van der Waals surface area contributed by atoms with Crippen LogP contribution in [0.15, 0.2) is 66.0 Å². The Balaban J connectivity index is 1.62. The highest BCUT2D eigenvalue weighted by Gasteiger charge is 2.11. The molecule has 2 aromatic carbocycles. The zero-order valence-electron chi connectivity index (χ0n) is 12.8. The van der Waals surface area contributed by atoms with Crippen LogP contribution >= 0.6 is 11.8 Å². The van der Waals surface area contributed by atoms with Gasteiger partial charge in [0.15, 0.2) is 0 Å². The number of para-hydroxylation sites is 1. The predicted molar refractivity (Wildman–Crippen MR) is 93.3 cm³/mol. The first-order valence-electron chi connectivity index (χ1n) is 7.41. The van der Waals surface area contributed by atoms with Gasteiger partial charge in [-0.3, -0.25) is 4.79 Å². The van der Waals surface area contributed by atoms with Crippen molar-refractivity contribution >= 4 is 28.6 Å². The van der Waals surface area contributed by atoms with Crippen LogP contribution in [-0.2, 0) is 4.79 Å². The molecule has 4 nitrogen and oxygen atoms in total. The molecular formula is C18H17N3OS. The van der Waals surface area contributed by atoms with Gasteiger partial charge in [0.25, 0.3) is 0 Å². The summed E-state index contributed by atoms with van der Waals surface area (Å²) in [6.07, 6.45) is 1.54. The van der Waals surface area contributed by atoms with Gasteiger partial charge in [-0.2, -0.15) is 0 Å². The number of fused-ring (bicyclic) bond motifs is 1. The van der Waals surface area contributed by atoms with E-state index in [-0.39, 0.29) is 11.9 Å². The van der Waals surface area contributed by atoms with Crippen LogP contribution in [-0.4, -0.2) is 21.6 Å². The maximum atomic E-state index is 12.2. The Hall–Kier alpha value is -2.40. The molecule has 1 heterocycles. The lowest BCUT2D eigenvalue weighted by atomic mass is 10.1. The molecule has 1 unspecified atom stereocenters. The lowest BCUT2D eigenvalue weighted by molar-refractivity contribution is -0.119. The summed E-state index contributed by atoms with van der Waals surface area (Å²) in [7, 11) is 0. The highest BCUT2D eigenvalue weighted by Crippen LogP contribution is 2.24. The van der Waals surface area contributed by atoms with Gasteiger partial charge in [-0.25, -0.2) is 9.97 Å². The minimum atomic E-state index is -0.00792. The maximum absolute atomic E-state index is 12.2. The van der Waals surface area contributed by atoms with Crippen LogP contribution in [0.1, 0.15) is 18.5 Å². The van der Waals surface area contributed by atoms with E-state index < -0.39 is 0 Å². The van der Waals surface area contributed by atoms with Crippen molar-refractivity contribution in [2.45, 2.75) is 18.0 Å². The van der Waals surface area contributed by atoms with Crippen LogP contribution in [0.2, 0.25) is 0 Å². The average Bonchev–Trinajstić information content (AvgIpc) is 2.60. The van der Waals surface area contributed by atoms with E-state index in [0.29, 0.717) is 5.75 Å². The molecule has 3 rings (SSSR count). The zero-order valence-corrected chi connectivity index (χ0v) is 13.6. The molecule has 23 heavy (non-hydrogen) atoms. The number of carbonyl (C=O) groups excluding carboxylic acids is 1. The standard InChI is InChI=1S/C18H17N3OS/c1-13(14-7-3-2-4-8-14)21-17(22)11-23-18-15-9-5-6-10-16(15)19-12-20-18/h2-10,12-13H,11H2,1H3,(H,21,22). The Labute approximate surface area is 139 Å². The zero-order chi connectivity index (χ0) is 16.1. The van der Waals surface area contributed by atoms with Crippen molar-refractivity contribution in [3.63, 3.8) is 0 Å². The monoisotopic (exact) mass is 323 g/mol. The van der Waals surface area contributed by atoms with E-state index in [2.05, 4.69) is 15.3 Å². The minimum absolute atomic E-state index is 0.00551. The Morgan fingerprint density at radius 1 is 1.09 bits per heavy atom. The van der Waals surface area contributed by atoms with Gasteiger partial charge in [0.05, 0.1) is 17.3 Å². The van der Waals surface area contributed by atoms with Gasteiger partial charge in [-0.1, -0.05) is 60.3 Å². The second kappa shape index (κ2) is 7.24. The van der Waals surface area contributed by atoms with E-state index in [9.17, 15) is 4.79 Å². The number of benzene rings is 2. The molecule has 0 spiro atoms. The van der Waals surface area contributed by atoms with E-state index in [0.717, 1.165) is 21.5 Å². The van der Waals surface area contributed by atoms with Crippen molar-refractivity contribution in [2.75, 3.05) is 5.75 Å². The first kappa shape index (κ1) is 15.5. The first-order chi connectivity index (χ1) is 11.2. The molecule has 1 N–H and O–H groups in total. The summed E-state index contributed by atoms with van der Waals surface area (Å²) < 4.78 is 0. The molecule has 1 aromatic heterocycles. The number of rotatable bonds is 5. The average molecular weight is 323 g/mol. The number of hydrogen-bond donors (Lipinski definition) is 1. The Kier molecular flexibility index (Phi) is 4.88. The largest absolute Gasteiger partial charge is 0.349 e. The van der Waals surface area contributed by atoms with Crippen LogP contribution in [0.5, 0.6) is 0 Å². The molecule has 0 fully saturated rings. The quantitative estimate of drug-likeness (QED) is 0.576. The fourth-order valence-electron chi connectivity index (χ4n) is 2.34. The molecule has 1 amide bonds. The molecule has 5 heteroatoms. The number of aromatic nitrogens is 2. The third-order valence-electron chi connectivity index (χ3n) is 3.52. The summed E-state index contributed by atoms with van der Waals surface area (Å²) in [5.74, 6) is 0.326. The van der Waals surface area contributed by atoms with E-state index in [4.69, 9.17) is 0 Å². The maximum Gasteiger partial charge on any atom is 0.230 e. The van der Waals surface area contributed by atoms with Gasteiger partial charge in [-0.15, -0.1) is 0 Å². The number of carbonyl (C=O) groups is 1. The van der Waals surface area contributed by atoms with Crippen molar-refractivity contribution in [3.8, 4) is 0 Å². The van der Waals surface area contributed by atoms with Crippen molar-refractivity contribution in [2.24, 2.45) is 0 Å². The molecule has 116 valence electrons. The summed E-state index contributed by atoms with van der Waals surface area (Å²) in [5.41, 5.74) is 1.99. The fourth-order valence-corrected chi connectivity index (χ4v) is 3.14. The van der Waals surface area contributed by atoms with E-state index >= 15 is 0 Å². The second-order valence-electron chi connectivity index (χ2n) is 5.18. The third kappa shape index (κ3) is 3.87. The molecule has 0 aliphatic heterocycles. The molecule has 0 aliphatic rings. The number of thioether (sulfide) groups is 1. The van der Waals surface area contributed by atoms with Crippen LogP contribution in [0.25, 0.3) is 10.9 Å². The number of amides is 1. The van der Waals surface area contributed by atoms with E-state index in [1.807, 2.05) is 61.5 Å². The summed E-state index contributed by atoms with van der Waals surface area (Å²) in [5, 5.41) is 4.82. The lowest BCUT2D eigenvalue weighted by Crippen LogP contribution is -2.28. The van der Waals surface area contributed by atoms with E-state index in [1.54, 1.807) is 0 Å². The van der Waals surface area contributed by atoms with Gasteiger partial charge >= 0.3 is 0 Å². The van der Waals surface area contributed by atoms with Crippen molar-refractivity contribution in [1.29, 1.82) is 0 Å². The molecule has 0 saturated heterocycles. The Morgan fingerprint density at radius 2 is 1.83 bits per heavy atom. The van der Waals surface area contributed by atoms with Gasteiger partial charge in [0, 0.05) is 5.39 Å². The molecule has 0 aliphatic carbocycles.